The van der Waals surface area contributed by atoms with Gasteiger partial charge in [-0.25, -0.2) is 8.42 Å². The number of rotatable bonds is 3. The molecule has 0 amide bonds. The highest BCUT2D eigenvalue weighted by Crippen LogP contribution is 2.28. The Bertz CT molecular complexity index is 683. The van der Waals surface area contributed by atoms with Crippen LogP contribution in [-0.2, 0) is 32.4 Å². The molecule has 0 saturated carbocycles. The molecule has 2 aliphatic rings. The summed E-state index contributed by atoms with van der Waals surface area (Å²) in [4.78, 5) is 12.0. The van der Waals surface area contributed by atoms with Gasteiger partial charge in [0.2, 0.25) is 10.0 Å². The molecule has 1 heterocycles. The third-order valence-corrected chi connectivity index (χ3v) is 6.49. The van der Waals surface area contributed by atoms with E-state index < -0.39 is 10.0 Å². The van der Waals surface area contributed by atoms with Crippen LogP contribution in [0.25, 0.3) is 0 Å². The van der Waals surface area contributed by atoms with Crippen LogP contribution >= 0.6 is 0 Å². The predicted molar refractivity (Wildman–Crippen MR) is 82.0 cm³/mol. The third-order valence-electron chi connectivity index (χ3n) is 4.63. The number of methoxy groups -OCH3 is 1. The molecule has 0 spiro atoms. The molecule has 1 aromatic carbocycles. The number of esters is 1. The number of hydrogen-bond donors (Lipinski definition) is 0. The van der Waals surface area contributed by atoms with Gasteiger partial charge in [0.15, 0.2) is 0 Å². The van der Waals surface area contributed by atoms with Gasteiger partial charge in [0, 0.05) is 13.1 Å². The zero-order valence-electron chi connectivity index (χ0n) is 12.7. The smallest absolute Gasteiger partial charge is 0.309 e. The fourth-order valence-electron chi connectivity index (χ4n) is 3.38. The molecule has 1 atom stereocenters. The van der Waals surface area contributed by atoms with Gasteiger partial charge in [0.1, 0.15) is 0 Å². The van der Waals surface area contributed by atoms with Crippen LogP contribution in [0.5, 0.6) is 0 Å². The third kappa shape index (κ3) is 2.77. The predicted octanol–water partition coefficient (Wildman–Crippen LogP) is 1.75. The van der Waals surface area contributed by atoms with E-state index in [9.17, 15) is 13.2 Å². The van der Waals surface area contributed by atoms with Gasteiger partial charge in [-0.05, 0) is 55.4 Å². The Hall–Kier alpha value is -1.40. The lowest BCUT2D eigenvalue weighted by molar-refractivity contribution is -0.146. The number of aryl methyl sites for hydroxylation is 2. The van der Waals surface area contributed by atoms with Gasteiger partial charge in [-0.1, -0.05) is 6.07 Å². The molecule has 0 N–H and O–H groups in total. The Kier molecular flexibility index (Phi) is 4.23. The number of nitrogens with zero attached hydrogens (tertiary/aromatic N) is 1. The summed E-state index contributed by atoms with van der Waals surface area (Å²) in [5.41, 5.74) is 2.40. The minimum atomic E-state index is -3.53. The average Bonchev–Trinajstić information content (AvgIpc) is 3.01. The first-order valence-electron chi connectivity index (χ1n) is 7.72. The van der Waals surface area contributed by atoms with E-state index in [1.807, 2.05) is 6.07 Å². The fraction of sp³-hybridized carbons (Fsp3) is 0.562. The lowest BCUT2D eigenvalue weighted by atomic mass is 10.0. The molecule has 1 unspecified atom stereocenters. The molecule has 5 nitrogen and oxygen atoms in total. The normalized spacial score (nSPS) is 22.3. The van der Waals surface area contributed by atoms with E-state index in [1.165, 1.54) is 17.0 Å². The number of carbonyl (C=O) groups is 1. The molecule has 1 aliphatic heterocycles. The summed E-state index contributed by atoms with van der Waals surface area (Å²) in [7, 11) is -2.19. The van der Waals surface area contributed by atoms with Crippen molar-refractivity contribution in [2.75, 3.05) is 20.2 Å². The van der Waals surface area contributed by atoms with Crippen molar-refractivity contribution >= 4 is 16.0 Å². The lowest BCUT2D eigenvalue weighted by Crippen LogP contribution is -2.42. The molecular formula is C16H21NO4S. The first kappa shape index (κ1) is 15.5. The second-order valence-electron chi connectivity index (χ2n) is 6.01. The SMILES string of the molecule is COC(=O)C1CCCN(S(=O)(=O)c2ccc3c(c2)CCC3)C1. The van der Waals surface area contributed by atoms with Crippen LogP contribution in [-0.4, -0.2) is 38.9 Å². The quantitative estimate of drug-likeness (QED) is 0.795. The van der Waals surface area contributed by atoms with Crippen molar-refractivity contribution in [3.05, 3.63) is 29.3 Å². The van der Waals surface area contributed by atoms with Crippen molar-refractivity contribution in [2.24, 2.45) is 5.92 Å². The van der Waals surface area contributed by atoms with Gasteiger partial charge in [0.05, 0.1) is 17.9 Å². The van der Waals surface area contributed by atoms with Crippen molar-refractivity contribution in [1.29, 1.82) is 0 Å². The minimum absolute atomic E-state index is 0.214. The summed E-state index contributed by atoms with van der Waals surface area (Å²) in [6, 6.07) is 5.43. The van der Waals surface area contributed by atoms with Gasteiger partial charge < -0.3 is 4.74 Å². The molecule has 0 bridgehead atoms. The zero-order chi connectivity index (χ0) is 15.7. The van der Waals surface area contributed by atoms with Gasteiger partial charge in [-0.15, -0.1) is 0 Å². The highest BCUT2D eigenvalue weighted by atomic mass is 32.2. The highest BCUT2D eigenvalue weighted by Gasteiger charge is 2.34. The summed E-state index contributed by atoms with van der Waals surface area (Å²) >= 11 is 0. The van der Waals surface area contributed by atoms with E-state index in [4.69, 9.17) is 4.74 Å². The van der Waals surface area contributed by atoms with Crippen LogP contribution in [0, 0.1) is 5.92 Å². The second-order valence-corrected chi connectivity index (χ2v) is 7.95. The average molecular weight is 323 g/mol. The van der Waals surface area contributed by atoms with Crippen molar-refractivity contribution < 1.29 is 17.9 Å². The van der Waals surface area contributed by atoms with Crippen LogP contribution in [0.1, 0.15) is 30.4 Å². The minimum Gasteiger partial charge on any atom is -0.469 e. The zero-order valence-corrected chi connectivity index (χ0v) is 13.6. The molecule has 6 heteroatoms. The molecule has 1 fully saturated rings. The molecule has 1 aliphatic carbocycles. The van der Waals surface area contributed by atoms with Crippen LogP contribution in [0.2, 0.25) is 0 Å². The van der Waals surface area contributed by atoms with Gasteiger partial charge >= 0.3 is 5.97 Å². The van der Waals surface area contributed by atoms with E-state index in [0.717, 1.165) is 24.8 Å². The van der Waals surface area contributed by atoms with E-state index in [2.05, 4.69) is 0 Å². The largest absolute Gasteiger partial charge is 0.469 e. The molecule has 0 aromatic heterocycles. The van der Waals surface area contributed by atoms with Crippen molar-refractivity contribution in [3.63, 3.8) is 0 Å². The van der Waals surface area contributed by atoms with E-state index in [-0.39, 0.29) is 18.4 Å². The number of hydrogen-bond acceptors (Lipinski definition) is 4. The Balaban J connectivity index is 1.84. The molecule has 1 aromatic rings. The number of benzene rings is 1. The van der Waals surface area contributed by atoms with E-state index in [0.29, 0.717) is 24.3 Å². The highest BCUT2D eigenvalue weighted by molar-refractivity contribution is 7.89. The monoisotopic (exact) mass is 323 g/mol. The maximum absolute atomic E-state index is 12.8. The Labute approximate surface area is 131 Å². The maximum Gasteiger partial charge on any atom is 0.309 e. The van der Waals surface area contributed by atoms with Gasteiger partial charge in [-0.2, -0.15) is 4.31 Å². The summed E-state index contributed by atoms with van der Waals surface area (Å²) in [5.74, 6) is -0.684. The molecule has 0 radical (unpaired) electrons. The van der Waals surface area contributed by atoms with Crippen LogP contribution in [0.3, 0.4) is 0 Å². The van der Waals surface area contributed by atoms with Crippen molar-refractivity contribution in [1.82, 2.24) is 4.31 Å². The summed E-state index contributed by atoms with van der Waals surface area (Å²) in [6.07, 6.45) is 4.44. The van der Waals surface area contributed by atoms with E-state index in [1.54, 1.807) is 12.1 Å². The molecule has 22 heavy (non-hydrogen) atoms. The standard InChI is InChI=1S/C16H21NO4S/c1-21-16(18)14-6-3-9-17(11-14)22(19,20)15-8-7-12-4-2-5-13(12)10-15/h7-8,10,14H,2-6,9,11H2,1H3. The molecular weight excluding hydrogens is 302 g/mol. The summed E-state index contributed by atoms with van der Waals surface area (Å²) in [5, 5.41) is 0. The number of piperidine rings is 1. The van der Waals surface area contributed by atoms with Crippen molar-refractivity contribution in [2.45, 2.75) is 37.0 Å². The van der Waals surface area contributed by atoms with Crippen LogP contribution in [0.4, 0.5) is 0 Å². The maximum atomic E-state index is 12.8. The van der Waals surface area contributed by atoms with E-state index >= 15 is 0 Å². The van der Waals surface area contributed by atoms with Gasteiger partial charge in [-0.3, -0.25) is 4.79 Å². The molecule has 1 saturated heterocycles. The number of ether oxygens (including phenoxy) is 1. The number of carbonyl (C=O) groups excluding carboxylic acids is 1. The van der Waals surface area contributed by atoms with Crippen LogP contribution in [0.15, 0.2) is 23.1 Å². The summed E-state index contributed by atoms with van der Waals surface area (Å²) < 4.78 is 31.8. The molecule has 120 valence electrons. The lowest BCUT2D eigenvalue weighted by Gasteiger charge is -2.30. The first-order valence-corrected chi connectivity index (χ1v) is 9.16. The molecule has 3 rings (SSSR count). The first-order chi connectivity index (χ1) is 10.5. The second kappa shape index (κ2) is 6.01. The Morgan fingerprint density at radius 3 is 2.77 bits per heavy atom. The summed E-state index contributed by atoms with van der Waals surface area (Å²) in [6.45, 7) is 0.680. The number of fused-ring (bicyclic) bond motifs is 1. The van der Waals surface area contributed by atoms with Crippen LogP contribution < -0.4 is 0 Å². The van der Waals surface area contributed by atoms with Gasteiger partial charge in [0.25, 0.3) is 0 Å². The van der Waals surface area contributed by atoms with Crippen molar-refractivity contribution in [3.8, 4) is 0 Å². The fourth-order valence-corrected chi connectivity index (χ4v) is 4.95. The number of sulfonamides is 1. The Morgan fingerprint density at radius 1 is 1.23 bits per heavy atom. The topological polar surface area (TPSA) is 63.7 Å². The Morgan fingerprint density at radius 2 is 2.00 bits per heavy atom.